The van der Waals surface area contributed by atoms with Gasteiger partial charge in [0.2, 0.25) is 0 Å². The van der Waals surface area contributed by atoms with Gasteiger partial charge in [-0.2, -0.15) is 0 Å². The smallest absolute Gasteiger partial charge is 0.336 e. The van der Waals surface area contributed by atoms with Gasteiger partial charge in [0.05, 0.1) is 10.5 Å². The molecular formula is C15H13NO4S. The van der Waals surface area contributed by atoms with Crippen molar-refractivity contribution < 1.29 is 14.8 Å². The highest BCUT2D eigenvalue weighted by Crippen LogP contribution is 2.30. The maximum absolute atomic E-state index is 11.2. The van der Waals surface area contributed by atoms with Crippen molar-refractivity contribution in [1.29, 1.82) is 0 Å². The Balaban J connectivity index is 2.29. The van der Waals surface area contributed by atoms with E-state index in [1.54, 1.807) is 0 Å². The fourth-order valence-corrected chi connectivity index (χ4v) is 3.00. The third-order valence-corrected chi connectivity index (χ3v) is 4.15. The molecule has 6 heteroatoms. The van der Waals surface area contributed by atoms with Gasteiger partial charge in [0, 0.05) is 22.8 Å². The average molecular weight is 303 g/mol. The molecule has 0 heterocycles. The van der Waals surface area contributed by atoms with E-state index in [-0.39, 0.29) is 11.3 Å². The van der Waals surface area contributed by atoms with E-state index in [9.17, 15) is 14.9 Å². The summed E-state index contributed by atoms with van der Waals surface area (Å²) in [4.78, 5) is 21.9. The quantitative estimate of drug-likeness (QED) is 0.515. The predicted octanol–water partition coefficient (Wildman–Crippen LogP) is 3.89. The van der Waals surface area contributed by atoms with Crippen LogP contribution in [0.25, 0.3) is 0 Å². The van der Waals surface area contributed by atoms with E-state index in [1.807, 2.05) is 31.2 Å². The number of carboxylic acid groups (broad SMARTS) is 1. The van der Waals surface area contributed by atoms with Gasteiger partial charge in [0.1, 0.15) is 0 Å². The first kappa shape index (κ1) is 15.1. The van der Waals surface area contributed by atoms with Gasteiger partial charge in [-0.05, 0) is 24.1 Å². The zero-order valence-electron chi connectivity index (χ0n) is 11.3. The molecule has 0 aliphatic carbocycles. The molecule has 0 atom stereocenters. The van der Waals surface area contributed by atoms with E-state index >= 15 is 0 Å². The minimum atomic E-state index is -1.09. The molecular weight excluding hydrogens is 290 g/mol. The van der Waals surface area contributed by atoms with Crippen molar-refractivity contribution >= 4 is 23.4 Å². The van der Waals surface area contributed by atoms with Gasteiger partial charge in [-0.15, -0.1) is 11.8 Å². The average Bonchev–Trinajstić information content (AvgIpc) is 2.46. The second kappa shape index (κ2) is 6.41. The van der Waals surface area contributed by atoms with E-state index in [4.69, 9.17) is 5.11 Å². The van der Waals surface area contributed by atoms with Crippen molar-refractivity contribution in [3.63, 3.8) is 0 Å². The van der Waals surface area contributed by atoms with Gasteiger partial charge in [-0.3, -0.25) is 10.1 Å². The summed E-state index contributed by atoms with van der Waals surface area (Å²) in [5.41, 5.74) is 2.16. The first-order valence-electron chi connectivity index (χ1n) is 6.18. The molecule has 0 saturated heterocycles. The second-order valence-corrected chi connectivity index (χ2v) is 5.48. The molecule has 2 rings (SSSR count). The number of thioether (sulfide) groups is 1. The second-order valence-electron chi connectivity index (χ2n) is 4.46. The minimum absolute atomic E-state index is 0.0826. The van der Waals surface area contributed by atoms with Crippen LogP contribution >= 0.6 is 11.8 Å². The highest BCUT2D eigenvalue weighted by molar-refractivity contribution is 7.98. The number of carboxylic acids is 1. The molecule has 0 unspecified atom stereocenters. The minimum Gasteiger partial charge on any atom is -0.478 e. The van der Waals surface area contributed by atoms with E-state index in [2.05, 4.69) is 0 Å². The molecule has 5 nitrogen and oxygen atoms in total. The van der Waals surface area contributed by atoms with Crippen LogP contribution in [0.1, 0.15) is 21.5 Å². The lowest BCUT2D eigenvalue weighted by Crippen LogP contribution is -2.00. The summed E-state index contributed by atoms with van der Waals surface area (Å²) in [7, 11) is 0. The fraction of sp³-hybridized carbons (Fsp3) is 0.133. The van der Waals surface area contributed by atoms with Gasteiger partial charge >= 0.3 is 5.97 Å². The van der Waals surface area contributed by atoms with Crippen LogP contribution in [0.3, 0.4) is 0 Å². The molecule has 21 heavy (non-hydrogen) atoms. The number of nitro groups is 1. The summed E-state index contributed by atoms with van der Waals surface area (Å²) in [6, 6.07) is 11.6. The highest BCUT2D eigenvalue weighted by atomic mass is 32.2. The van der Waals surface area contributed by atoms with E-state index in [0.29, 0.717) is 10.6 Å². The normalized spacial score (nSPS) is 10.3. The van der Waals surface area contributed by atoms with Crippen LogP contribution in [0.15, 0.2) is 47.4 Å². The van der Waals surface area contributed by atoms with Crippen LogP contribution < -0.4 is 0 Å². The number of hydrogen-bond acceptors (Lipinski definition) is 4. The van der Waals surface area contributed by atoms with Gasteiger partial charge in [-0.25, -0.2) is 4.79 Å². The standard InChI is InChI=1S/C15H13NO4S/c1-10-4-2-3-5-11(10)9-21-14-8-12(16(19)20)6-7-13(14)15(17)18/h2-8H,9H2,1H3,(H,17,18). The first-order chi connectivity index (χ1) is 9.99. The molecule has 0 saturated carbocycles. The topological polar surface area (TPSA) is 80.4 Å². The number of non-ortho nitro benzene ring substituents is 1. The Morgan fingerprint density at radius 3 is 2.62 bits per heavy atom. The number of nitro benzene ring substituents is 1. The summed E-state index contributed by atoms with van der Waals surface area (Å²) in [5.74, 6) is -0.522. The molecule has 0 aliphatic rings. The fourth-order valence-electron chi connectivity index (χ4n) is 1.85. The zero-order valence-corrected chi connectivity index (χ0v) is 12.1. The third kappa shape index (κ3) is 3.61. The molecule has 0 aromatic heterocycles. The Morgan fingerprint density at radius 1 is 1.29 bits per heavy atom. The van der Waals surface area contributed by atoms with Gasteiger partial charge in [-0.1, -0.05) is 24.3 Å². The van der Waals surface area contributed by atoms with Crippen LogP contribution in [-0.2, 0) is 5.75 Å². The number of benzene rings is 2. The van der Waals surface area contributed by atoms with Crippen LogP contribution in [0, 0.1) is 17.0 Å². The Bertz CT molecular complexity index is 700. The molecule has 0 fully saturated rings. The monoisotopic (exact) mass is 303 g/mol. The van der Waals surface area contributed by atoms with Crippen LogP contribution in [-0.4, -0.2) is 16.0 Å². The van der Waals surface area contributed by atoms with Crippen molar-refractivity contribution in [2.45, 2.75) is 17.6 Å². The SMILES string of the molecule is Cc1ccccc1CSc1cc([N+](=O)[O-])ccc1C(=O)O. The maximum atomic E-state index is 11.2. The lowest BCUT2D eigenvalue weighted by atomic mass is 10.1. The maximum Gasteiger partial charge on any atom is 0.336 e. The van der Waals surface area contributed by atoms with Gasteiger partial charge in [0.25, 0.3) is 5.69 Å². The van der Waals surface area contributed by atoms with Crippen molar-refractivity contribution in [3.8, 4) is 0 Å². The van der Waals surface area contributed by atoms with Crippen LogP contribution in [0.5, 0.6) is 0 Å². The molecule has 0 bridgehead atoms. The third-order valence-electron chi connectivity index (χ3n) is 3.05. The molecule has 0 spiro atoms. The summed E-state index contributed by atoms with van der Waals surface area (Å²) >= 11 is 1.29. The van der Waals surface area contributed by atoms with E-state index < -0.39 is 10.9 Å². The van der Waals surface area contributed by atoms with Gasteiger partial charge < -0.3 is 5.11 Å². The Labute approximate surface area is 125 Å². The van der Waals surface area contributed by atoms with Crippen molar-refractivity contribution in [2.24, 2.45) is 0 Å². The largest absolute Gasteiger partial charge is 0.478 e. The summed E-state index contributed by atoms with van der Waals surface area (Å²) in [6.45, 7) is 1.97. The summed E-state index contributed by atoms with van der Waals surface area (Å²) in [5, 5.41) is 20.0. The molecule has 1 N–H and O–H groups in total. The molecule has 2 aromatic rings. The van der Waals surface area contributed by atoms with Gasteiger partial charge in [0.15, 0.2) is 0 Å². The van der Waals surface area contributed by atoms with Crippen molar-refractivity contribution in [2.75, 3.05) is 0 Å². The van der Waals surface area contributed by atoms with E-state index in [0.717, 1.165) is 11.1 Å². The summed E-state index contributed by atoms with van der Waals surface area (Å²) < 4.78 is 0. The Kier molecular flexibility index (Phi) is 4.59. The summed E-state index contributed by atoms with van der Waals surface area (Å²) in [6.07, 6.45) is 0. The Hall–Kier alpha value is -2.34. The van der Waals surface area contributed by atoms with E-state index in [1.165, 1.54) is 30.0 Å². The highest BCUT2D eigenvalue weighted by Gasteiger charge is 2.16. The predicted molar refractivity (Wildman–Crippen MR) is 80.8 cm³/mol. The van der Waals surface area contributed by atoms with Crippen molar-refractivity contribution in [1.82, 2.24) is 0 Å². The van der Waals surface area contributed by atoms with Crippen LogP contribution in [0.4, 0.5) is 5.69 Å². The molecule has 0 radical (unpaired) electrons. The van der Waals surface area contributed by atoms with Crippen LogP contribution in [0.2, 0.25) is 0 Å². The molecule has 108 valence electrons. The number of aryl methyl sites for hydroxylation is 1. The Morgan fingerprint density at radius 2 is 2.00 bits per heavy atom. The lowest BCUT2D eigenvalue weighted by Gasteiger charge is -2.08. The number of aromatic carboxylic acids is 1. The first-order valence-corrected chi connectivity index (χ1v) is 7.16. The lowest BCUT2D eigenvalue weighted by molar-refractivity contribution is -0.385. The number of hydrogen-bond donors (Lipinski definition) is 1. The number of nitrogens with zero attached hydrogens (tertiary/aromatic N) is 1. The molecule has 0 amide bonds. The zero-order chi connectivity index (χ0) is 15.4. The molecule has 0 aliphatic heterocycles. The number of carbonyl (C=O) groups is 1. The molecule has 2 aromatic carbocycles. The van der Waals surface area contributed by atoms with Crippen molar-refractivity contribution in [3.05, 3.63) is 69.3 Å². The number of rotatable bonds is 5.